The minimum Gasteiger partial charge on any atom is -0.384 e. The van der Waals surface area contributed by atoms with Crippen LogP contribution in [0.3, 0.4) is 0 Å². The largest absolute Gasteiger partial charge is 0.384 e. The highest BCUT2D eigenvalue weighted by Gasteiger charge is 2.26. The number of fused-ring (bicyclic) bond motifs is 18. The summed E-state index contributed by atoms with van der Waals surface area (Å²) in [5.74, 6) is 0.0745. The molecule has 18 heteroatoms. The third kappa shape index (κ3) is 28.2. The molecule has 356 valence electrons. The van der Waals surface area contributed by atoms with Crippen molar-refractivity contribution in [3.05, 3.63) is 0 Å². The average molecular weight is 873 g/mol. The summed E-state index contributed by atoms with van der Waals surface area (Å²) in [5, 5.41) is 0. The highest BCUT2D eigenvalue weighted by molar-refractivity contribution is 4.73. The third-order valence-electron chi connectivity index (χ3n) is 10.2. The molecule has 0 radical (unpaired) electrons. The molecular weight excluding hydrogens is 792 g/mol. The maximum Gasteiger partial charge on any atom is 0.0701 e. The Kier molecular flexibility index (Phi) is 35.6. The number of hydrogen-bond acceptors (Lipinski definition) is 18. The molecule has 6 unspecified atom stereocenters. The molecule has 18 nitrogen and oxygen atoms in total. The second kappa shape index (κ2) is 39.8. The Balaban J connectivity index is 1.77. The first-order chi connectivity index (χ1) is 29.8. The van der Waals surface area contributed by atoms with E-state index < -0.39 is 0 Å². The second-order valence-corrected chi connectivity index (χ2v) is 14.9. The van der Waals surface area contributed by atoms with Crippen molar-refractivity contribution in [1.82, 2.24) is 0 Å². The van der Waals surface area contributed by atoms with Crippen LogP contribution in [0.15, 0.2) is 0 Å². The van der Waals surface area contributed by atoms with Gasteiger partial charge in [-0.25, -0.2) is 0 Å². The van der Waals surface area contributed by atoms with Gasteiger partial charge in [0.25, 0.3) is 0 Å². The number of rotatable bonds is 7. The van der Waals surface area contributed by atoms with Crippen molar-refractivity contribution in [2.75, 3.05) is 239 Å². The Bertz CT molecular complexity index is 911. The van der Waals surface area contributed by atoms with Gasteiger partial charge in [0.05, 0.1) is 225 Å². The van der Waals surface area contributed by atoms with E-state index in [1.54, 1.807) is 14.2 Å². The molecule has 3 bridgehead atoms. The summed E-state index contributed by atoms with van der Waals surface area (Å²) in [5.41, 5.74) is 0. The van der Waals surface area contributed by atoms with Gasteiger partial charge in [-0.15, -0.1) is 0 Å². The van der Waals surface area contributed by atoms with E-state index in [-0.39, 0.29) is 35.5 Å². The molecule has 0 saturated carbocycles. The molecule has 0 spiro atoms. The lowest BCUT2D eigenvalue weighted by Gasteiger charge is -2.28. The summed E-state index contributed by atoms with van der Waals surface area (Å²) < 4.78 is 107. The van der Waals surface area contributed by atoms with E-state index >= 15 is 0 Å². The van der Waals surface area contributed by atoms with E-state index in [1.807, 2.05) is 0 Å². The summed E-state index contributed by atoms with van der Waals surface area (Å²) in [6, 6.07) is 0. The fourth-order valence-electron chi connectivity index (χ4n) is 6.55. The van der Waals surface area contributed by atoms with Gasteiger partial charge in [-0.3, -0.25) is 0 Å². The minimum atomic E-state index is -0.00725. The molecule has 3 saturated heterocycles. The third-order valence-corrected chi connectivity index (χ3v) is 10.2. The summed E-state index contributed by atoms with van der Waals surface area (Å²) in [4.78, 5) is 0. The van der Waals surface area contributed by atoms with Crippen LogP contribution >= 0.6 is 0 Å². The van der Waals surface area contributed by atoms with Gasteiger partial charge in [0, 0.05) is 49.7 Å². The van der Waals surface area contributed by atoms with E-state index in [0.29, 0.717) is 225 Å². The maximum absolute atomic E-state index is 6.15. The topological polar surface area (TPSA) is 166 Å². The Hall–Kier alpha value is -0.720. The molecule has 0 aliphatic carbocycles. The molecule has 3 fully saturated rings. The van der Waals surface area contributed by atoms with Crippen LogP contribution in [0.1, 0.15) is 0 Å². The Labute approximate surface area is 359 Å². The monoisotopic (exact) mass is 873 g/mol. The molecule has 3 aliphatic rings. The molecule has 0 aromatic carbocycles. The van der Waals surface area contributed by atoms with Crippen molar-refractivity contribution in [3.8, 4) is 0 Å². The zero-order valence-corrected chi connectivity index (χ0v) is 36.9. The predicted octanol–water partition coefficient (Wildman–Crippen LogP) is 1.28. The summed E-state index contributed by atoms with van der Waals surface area (Å²) in [7, 11) is 3.35. The van der Waals surface area contributed by atoms with Gasteiger partial charge >= 0.3 is 0 Å². The molecule has 60 heavy (non-hydrogen) atoms. The predicted molar refractivity (Wildman–Crippen MR) is 218 cm³/mol. The summed E-state index contributed by atoms with van der Waals surface area (Å²) in [6.07, 6.45) is 0. The quantitative estimate of drug-likeness (QED) is 0.265. The molecule has 0 aromatic heterocycles. The second-order valence-electron chi connectivity index (χ2n) is 14.9. The molecule has 0 N–H and O–H groups in total. The van der Waals surface area contributed by atoms with E-state index in [4.69, 9.17) is 85.3 Å². The number of methoxy groups -OCH3 is 2. The molecule has 0 aromatic rings. The van der Waals surface area contributed by atoms with Gasteiger partial charge in [-0.1, -0.05) is 0 Å². The van der Waals surface area contributed by atoms with Crippen molar-refractivity contribution < 1.29 is 85.3 Å². The van der Waals surface area contributed by atoms with Crippen LogP contribution in [-0.2, 0) is 85.3 Å². The van der Waals surface area contributed by atoms with Crippen molar-refractivity contribution >= 4 is 0 Å². The Morgan fingerprint density at radius 3 is 0.800 bits per heavy atom. The van der Waals surface area contributed by atoms with Crippen LogP contribution in [0.2, 0.25) is 0 Å². The van der Waals surface area contributed by atoms with Crippen LogP contribution in [0.5, 0.6) is 0 Å². The standard InChI is InChI=1S/C42H80O18/c1-43-3-4-50-29-39-30-54-18-9-48-13-23-59-35-41-33-57-19-8-45-5-15-51-26-37(25-44-2)38-27-52-16-6-46-10-20-55-31-40(39)32-56-21-12-49-14-24-60-36-42(41)34-58-22-11-47-7-17-53-28-38/h37-42H,3-36H2,1-2H3. The van der Waals surface area contributed by atoms with Gasteiger partial charge in [0.15, 0.2) is 0 Å². The van der Waals surface area contributed by atoms with Gasteiger partial charge in [0.1, 0.15) is 0 Å². The highest BCUT2D eigenvalue weighted by atomic mass is 16.6. The fourth-order valence-corrected chi connectivity index (χ4v) is 6.55. The molecule has 0 amide bonds. The van der Waals surface area contributed by atoms with E-state index in [2.05, 4.69) is 0 Å². The zero-order valence-electron chi connectivity index (χ0n) is 36.9. The SMILES string of the molecule is COCCOCC1COCCOCCOCC2COCCOCCOCC(COC)C3COCCOCCOCC1COCCOCCOCC2COCCOCCOC3. The van der Waals surface area contributed by atoms with Crippen LogP contribution in [0, 0.1) is 35.5 Å². The van der Waals surface area contributed by atoms with Crippen molar-refractivity contribution in [2.24, 2.45) is 35.5 Å². The molecule has 3 aliphatic heterocycles. The number of hydrogen-bond donors (Lipinski definition) is 0. The lowest BCUT2D eigenvalue weighted by Crippen LogP contribution is -2.34. The van der Waals surface area contributed by atoms with Crippen molar-refractivity contribution in [1.29, 1.82) is 0 Å². The summed E-state index contributed by atoms with van der Waals surface area (Å²) in [6.45, 7) is 15.1. The zero-order chi connectivity index (χ0) is 42.2. The van der Waals surface area contributed by atoms with Gasteiger partial charge in [-0.2, -0.15) is 0 Å². The van der Waals surface area contributed by atoms with Gasteiger partial charge < -0.3 is 85.3 Å². The smallest absolute Gasteiger partial charge is 0.0701 e. The van der Waals surface area contributed by atoms with Gasteiger partial charge in [0.2, 0.25) is 0 Å². The number of ether oxygens (including phenoxy) is 18. The van der Waals surface area contributed by atoms with Crippen LogP contribution in [0.25, 0.3) is 0 Å². The van der Waals surface area contributed by atoms with E-state index in [0.717, 1.165) is 0 Å². The molecule has 3 heterocycles. The highest BCUT2D eigenvalue weighted by Crippen LogP contribution is 2.19. The first-order valence-electron chi connectivity index (χ1n) is 22.0. The lowest BCUT2D eigenvalue weighted by molar-refractivity contribution is -0.0797. The van der Waals surface area contributed by atoms with Crippen LogP contribution in [-0.4, -0.2) is 239 Å². The molecule has 6 atom stereocenters. The van der Waals surface area contributed by atoms with E-state index in [9.17, 15) is 0 Å². The van der Waals surface area contributed by atoms with Crippen LogP contribution < -0.4 is 0 Å². The Morgan fingerprint density at radius 1 is 0.267 bits per heavy atom. The summed E-state index contributed by atoms with van der Waals surface area (Å²) >= 11 is 0. The fraction of sp³-hybridized carbons (Fsp3) is 1.00. The first-order valence-corrected chi connectivity index (χ1v) is 22.0. The maximum atomic E-state index is 6.15. The van der Waals surface area contributed by atoms with Crippen molar-refractivity contribution in [3.63, 3.8) is 0 Å². The average Bonchev–Trinajstić information content (AvgIpc) is 3.25. The minimum absolute atomic E-state index is 0.000849. The van der Waals surface area contributed by atoms with Crippen LogP contribution in [0.4, 0.5) is 0 Å². The first kappa shape index (κ1) is 53.6. The molecule has 3 rings (SSSR count). The molecular formula is C42H80O18. The Morgan fingerprint density at radius 2 is 0.517 bits per heavy atom. The van der Waals surface area contributed by atoms with Gasteiger partial charge in [-0.05, 0) is 0 Å². The van der Waals surface area contributed by atoms with E-state index in [1.165, 1.54) is 0 Å². The van der Waals surface area contributed by atoms with Crippen molar-refractivity contribution in [2.45, 2.75) is 0 Å². The normalized spacial score (nSPS) is 30.3. The lowest BCUT2D eigenvalue weighted by atomic mass is 9.95.